The summed E-state index contributed by atoms with van der Waals surface area (Å²) < 4.78 is 0. The van der Waals surface area contributed by atoms with Crippen molar-refractivity contribution in [1.29, 1.82) is 0 Å². The first-order chi connectivity index (χ1) is 20.7. The number of unbranched alkanes of at least 4 members (excludes halogenated alkanes) is 27. The summed E-state index contributed by atoms with van der Waals surface area (Å²) in [5.41, 5.74) is 0. The number of carbonyl (C=O) groups excluding carboxylic acids is 2. The summed E-state index contributed by atoms with van der Waals surface area (Å²) in [6.07, 6.45) is 44.7. The molecule has 3 nitrogen and oxygen atoms in total. The van der Waals surface area contributed by atoms with E-state index < -0.39 is 0 Å². The third-order valence-corrected chi connectivity index (χ3v) is 10.8. The number of imide groups is 1. The molecule has 2 amide bonds. The lowest BCUT2D eigenvalue weighted by Gasteiger charge is -2.17. The Morgan fingerprint density at radius 3 is 1.00 bits per heavy atom. The molecule has 2 fully saturated rings. The Morgan fingerprint density at radius 1 is 0.452 bits per heavy atom. The van der Waals surface area contributed by atoms with E-state index in [1.165, 1.54) is 167 Å². The van der Waals surface area contributed by atoms with Gasteiger partial charge in [-0.25, -0.2) is 0 Å². The lowest BCUT2D eigenvalue weighted by molar-refractivity contribution is -0.140. The normalized spacial score (nSPS) is 22.6. The maximum Gasteiger partial charge on any atom is 0.233 e. The molecule has 0 aromatic heterocycles. The summed E-state index contributed by atoms with van der Waals surface area (Å²) in [5.74, 6) is 0.895. The van der Waals surface area contributed by atoms with Crippen LogP contribution in [-0.4, -0.2) is 23.3 Å². The highest BCUT2D eigenvalue weighted by Crippen LogP contribution is 2.52. The number of nitrogens with zero attached hydrogens (tertiary/aromatic N) is 1. The van der Waals surface area contributed by atoms with Gasteiger partial charge in [0.25, 0.3) is 0 Å². The molecule has 2 aliphatic carbocycles. The summed E-state index contributed by atoms with van der Waals surface area (Å²) in [6, 6.07) is 0. The zero-order valence-corrected chi connectivity index (χ0v) is 27.9. The van der Waals surface area contributed by atoms with Gasteiger partial charge in [0.15, 0.2) is 0 Å². The van der Waals surface area contributed by atoms with E-state index in [2.05, 4.69) is 19.1 Å². The van der Waals surface area contributed by atoms with Crippen molar-refractivity contribution < 1.29 is 9.59 Å². The highest BCUT2D eigenvalue weighted by atomic mass is 16.2. The van der Waals surface area contributed by atoms with E-state index in [0.717, 1.165) is 19.3 Å². The van der Waals surface area contributed by atoms with Crippen LogP contribution in [0.25, 0.3) is 0 Å². The van der Waals surface area contributed by atoms with E-state index >= 15 is 0 Å². The van der Waals surface area contributed by atoms with Crippen molar-refractivity contribution >= 4 is 11.8 Å². The third-order valence-electron chi connectivity index (χ3n) is 10.8. The summed E-state index contributed by atoms with van der Waals surface area (Å²) in [7, 11) is 0. The molecule has 3 rings (SSSR count). The second-order valence-electron chi connectivity index (χ2n) is 14.4. The Labute approximate surface area is 261 Å². The van der Waals surface area contributed by atoms with E-state index in [-0.39, 0.29) is 23.7 Å². The van der Waals surface area contributed by atoms with E-state index in [0.29, 0.717) is 18.4 Å². The Morgan fingerprint density at radius 2 is 0.714 bits per heavy atom. The molecule has 0 N–H and O–H groups in total. The zero-order chi connectivity index (χ0) is 29.7. The van der Waals surface area contributed by atoms with Crippen LogP contribution in [0.15, 0.2) is 12.2 Å². The molecule has 1 heterocycles. The largest absolute Gasteiger partial charge is 0.282 e. The van der Waals surface area contributed by atoms with E-state index in [1.807, 2.05) is 0 Å². The van der Waals surface area contributed by atoms with Gasteiger partial charge in [0.2, 0.25) is 11.8 Å². The van der Waals surface area contributed by atoms with Gasteiger partial charge in [-0.1, -0.05) is 192 Å². The number of amides is 2. The highest BCUT2D eigenvalue weighted by molar-refractivity contribution is 6.06. The summed E-state index contributed by atoms with van der Waals surface area (Å²) in [5, 5.41) is 0. The van der Waals surface area contributed by atoms with Gasteiger partial charge in [0, 0.05) is 6.54 Å². The molecule has 3 aliphatic rings. The van der Waals surface area contributed by atoms with Crippen LogP contribution >= 0.6 is 0 Å². The summed E-state index contributed by atoms with van der Waals surface area (Å²) in [4.78, 5) is 27.1. The number of fused-ring (bicyclic) bond motifs is 5. The van der Waals surface area contributed by atoms with Crippen LogP contribution < -0.4 is 0 Å². The minimum Gasteiger partial charge on any atom is -0.282 e. The molecule has 0 spiro atoms. The number of allylic oxidation sites excluding steroid dienone is 2. The van der Waals surface area contributed by atoms with Gasteiger partial charge in [0.05, 0.1) is 11.8 Å². The number of hydrogen-bond donors (Lipinski definition) is 0. The molecular weight excluding hydrogens is 514 g/mol. The number of carbonyl (C=O) groups is 2. The molecule has 4 unspecified atom stereocenters. The molecule has 1 aliphatic heterocycles. The van der Waals surface area contributed by atoms with Gasteiger partial charge in [-0.15, -0.1) is 0 Å². The van der Waals surface area contributed by atoms with Crippen molar-refractivity contribution in [1.82, 2.24) is 4.90 Å². The monoisotopic (exact) mass is 584 g/mol. The van der Waals surface area contributed by atoms with Gasteiger partial charge >= 0.3 is 0 Å². The number of rotatable bonds is 29. The first-order valence-corrected chi connectivity index (χ1v) is 19.3. The predicted molar refractivity (Wildman–Crippen MR) is 179 cm³/mol. The van der Waals surface area contributed by atoms with Crippen molar-refractivity contribution in [3.8, 4) is 0 Å². The maximum atomic E-state index is 12.7. The standard InChI is InChI=1S/C39H69NO2/c1-2-3-4-5-6-7-8-9-10-11-12-13-14-15-16-17-18-19-20-21-22-23-24-25-26-27-28-29-32-40-38(41)36-34-30-31-35(33-34)37(36)39(40)42/h30-31,34-37H,2-29,32-33H2,1H3. The van der Waals surface area contributed by atoms with Gasteiger partial charge in [0.1, 0.15) is 0 Å². The molecule has 0 aromatic rings. The molecule has 1 saturated heterocycles. The molecule has 2 bridgehead atoms. The molecule has 42 heavy (non-hydrogen) atoms. The fourth-order valence-electron chi connectivity index (χ4n) is 8.12. The molecule has 1 saturated carbocycles. The fourth-order valence-corrected chi connectivity index (χ4v) is 8.12. The van der Waals surface area contributed by atoms with Gasteiger partial charge < -0.3 is 0 Å². The van der Waals surface area contributed by atoms with Crippen molar-refractivity contribution in [3.05, 3.63) is 12.2 Å². The smallest absolute Gasteiger partial charge is 0.233 e. The molecule has 3 heteroatoms. The van der Waals surface area contributed by atoms with Crippen molar-refractivity contribution in [2.75, 3.05) is 6.54 Å². The molecule has 242 valence electrons. The minimum absolute atomic E-state index is 0.0220. The lowest BCUT2D eigenvalue weighted by atomic mass is 9.85. The number of likely N-dealkylation sites (tertiary alicyclic amines) is 1. The van der Waals surface area contributed by atoms with E-state index in [1.54, 1.807) is 4.90 Å². The highest BCUT2D eigenvalue weighted by Gasteiger charge is 2.58. The van der Waals surface area contributed by atoms with Crippen LogP contribution in [0.5, 0.6) is 0 Å². The van der Waals surface area contributed by atoms with E-state index in [9.17, 15) is 9.59 Å². The van der Waals surface area contributed by atoms with Gasteiger partial charge in [-0.3, -0.25) is 14.5 Å². The third kappa shape index (κ3) is 12.9. The van der Waals surface area contributed by atoms with Crippen molar-refractivity contribution in [3.63, 3.8) is 0 Å². The topological polar surface area (TPSA) is 37.4 Å². The fraction of sp³-hybridized carbons (Fsp3) is 0.897. The number of hydrogen-bond acceptors (Lipinski definition) is 2. The van der Waals surface area contributed by atoms with Crippen LogP contribution in [0.4, 0.5) is 0 Å². The van der Waals surface area contributed by atoms with Crippen LogP contribution in [-0.2, 0) is 9.59 Å². The SMILES string of the molecule is CCCCCCCCCCCCCCCCCCCCCCCCCCCCCCN1C(=O)C2C3C=CC(C3)C2C1=O. The minimum atomic E-state index is -0.0220. The average Bonchev–Trinajstić information content (AvgIpc) is 3.68. The molecular formula is C39H69NO2. The van der Waals surface area contributed by atoms with Crippen molar-refractivity contribution in [2.45, 2.75) is 193 Å². The Bertz CT molecular complexity index is 715. The molecule has 4 atom stereocenters. The summed E-state index contributed by atoms with van der Waals surface area (Å²) in [6.45, 7) is 2.96. The van der Waals surface area contributed by atoms with Crippen LogP contribution in [0.3, 0.4) is 0 Å². The first-order valence-electron chi connectivity index (χ1n) is 19.3. The summed E-state index contributed by atoms with van der Waals surface area (Å²) >= 11 is 0. The van der Waals surface area contributed by atoms with Gasteiger partial charge in [-0.2, -0.15) is 0 Å². The second-order valence-corrected chi connectivity index (χ2v) is 14.4. The van der Waals surface area contributed by atoms with Crippen LogP contribution in [0.2, 0.25) is 0 Å². The maximum absolute atomic E-state index is 12.7. The Hall–Kier alpha value is -1.12. The second kappa shape index (κ2) is 22.4. The quantitative estimate of drug-likeness (QED) is 0.0499. The lowest BCUT2D eigenvalue weighted by Crippen LogP contribution is -2.33. The van der Waals surface area contributed by atoms with Crippen molar-refractivity contribution in [2.24, 2.45) is 23.7 Å². The van der Waals surface area contributed by atoms with E-state index in [4.69, 9.17) is 0 Å². The first kappa shape index (κ1) is 35.4. The average molecular weight is 584 g/mol. The molecule has 0 aromatic carbocycles. The van der Waals surface area contributed by atoms with Crippen LogP contribution in [0.1, 0.15) is 193 Å². The van der Waals surface area contributed by atoms with Crippen LogP contribution in [0, 0.1) is 23.7 Å². The van der Waals surface area contributed by atoms with Gasteiger partial charge in [-0.05, 0) is 24.7 Å². The molecule has 0 radical (unpaired) electrons. The predicted octanol–water partition coefficient (Wildman–Crippen LogP) is 11.7. The Kier molecular flexibility index (Phi) is 18.9. The Balaban J connectivity index is 0.958. The zero-order valence-electron chi connectivity index (χ0n) is 27.9.